The molecule has 1 aromatic carbocycles. The summed E-state index contributed by atoms with van der Waals surface area (Å²) in [5.74, 6) is -0.613. The molecule has 0 fully saturated rings. The molecule has 24 heavy (non-hydrogen) atoms. The zero-order valence-corrected chi connectivity index (χ0v) is 13.7. The van der Waals surface area contributed by atoms with Crippen molar-refractivity contribution in [3.05, 3.63) is 66.0 Å². The number of nitrogens with one attached hydrogen (secondary N) is 1. The Balaban J connectivity index is 1.85. The maximum atomic E-state index is 12.2. The molecule has 0 aliphatic heterocycles. The van der Waals surface area contributed by atoms with Crippen LogP contribution < -0.4 is 11.1 Å². The van der Waals surface area contributed by atoms with Crippen LogP contribution in [0.2, 0.25) is 0 Å². The molecule has 0 aliphatic rings. The van der Waals surface area contributed by atoms with Gasteiger partial charge >= 0.3 is 0 Å². The van der Waals surface area contributed by atoms with Crippen LogP contribution in [0.3, 0.4) is 0 Å². The topological polar surface area (TPSA) is 88.3 Å². The quantitative estimate of drug-likeness (QED) is 0.754. The number of carbonyl (C=O) groups is 2. The molecule has 2 rings (SSSR count). The van der Waals surface area contributed by atoms with Crippen LogP contribution in [0.25, 0.3) is 0 Å². The monoisotopic (exact) mass is 326 g/mol. The van der Waals surface area contributed by atoms with Crippen LogP contribution in [0.5, 0.6) is 0 Å². The van der Waals surface area contributed by atoms with E-state index in [0.717, 1.165) is 11.3 Å². The molecule has 2 aromatic rings. The molecule has 0 bridgehead atoms. The molecule has 0 aliphatic carbocycles. The van der Waals surface area contributed by atoms with Gasteiger partial charge in [-0.2, -0.15) is 0 Å². The molecule has 1 atom stereocenters. The molecule has 0 saturated heterocycles. The third-order valence-corrected chi connectivity index (χ3v) is 3.73. The molecular formula is C18H22N4O2. The summed E-state index contributed by atoms with van der Waals surface area (Å²) in [6.45, 7) is 0.603. The van der Waals surface area contributed by atoms with Crippen molar-refractivity contribution in [1.82, 2.24) is 15.2 Å². The van der Waals surface area contributed by atoms with Gasteiger partial charge < -0.3 is 10.6 Å². The second-order valence-electron chi connectivity index (χ2n) is 5.51. The fourth-order valence-corrected chi connectivity index (χ4v) is 2.31. The number of rotatable bonds is 8. The van der Waals surface area contributed by atoms with Gasteiger partial charge in [-0.3, -0.25) is 19.9 Å². The number of carbonyl (C=O) groups excluding carboxylic acids is 2. The van der Waals surface area contributed by atoms with Crippen LogP contribution >= 0.6 is 0 Å². The highest BCUT2D eigenvalue weighted by Crippen LogP contribution is 2.11. The summed E-state index contributed by atoms with van der Waals surface area (Å²) in [5.41, 5.74) is 7.11. The number of nitrogens with zero attached hydrogens (tertiary/aromatic N) is 2. The van der Waals surface area contributed by atoms with Gasteiger partial charge in [0.1, 0.15) is 6.04 Å². The molecule has 1 unspecified atom stereocenters. The summed E-state index contributed by atoms with van der Waals surface area (Å²) in [4.78, 5) is 29.7. The van der Waals surface area contributed by atoms with Crippen molar-refractivity contribution in [1.29, 1.82) is 0 Å². The van der Waals surface area contributed by atoms with Crippen molar-refractivity contribution in [2.75, 3.05) is 20.1 Å². The van der Waals surface area contributed by atoms with Gasteiger partial charge in [0.2, 0.25) is 11.8 Å². The van der Waals surface area contributed by atoms with Gasteiger partial charge in [-0.25, -0.2) is 0 Å². The van der Waals surface area contributed by atoms with Gasteiger partial charge in [0, 0.05) is 31.9 Å². The van der Waals surface area contributed by atoms with E-state index in [1.54, 1.807) is 30.3 Å². The number of hydrogen-bond acceptors (Lipinski definition) is 4. The predicted octanol–water partition coefficient (Wildman–Crippen LogP) is 0.899. The van der Waals surface area contributed by atoms with E-state index in [2.05, 4.69) is 10.3 Å². The van der Waals surface area contributed by atoms with Crippen molar-refractivity contribution in [2.45, 2.75) is 12.5 Å². The van der Waals surface area contributed by atoms with E-state index < -0.39 is 11.9 Å². The van der Waals surface area contributed by atoms with Gasteiger partial charge in [-0.05, 0) is 17.7 Å². The first-order chi connectivity index (χ1) is 11.6. The third-order valence-electron chi connectivity index (χ3n) is 3.73. The van der Waals surface area contributed by atoms with E-state index in [1.807, 2.05) is 36.4 Å². The van der Waals surface area contributed by atoms with Crippen LogP contribution in [0.4, 0.5) is 0 Å². The van der Waals surface area contributed by atoms with Crippen LogP contribution in [0.1, 0.15) is 17.3 Å². The first-order valence-corrected chi connectivity index (χ1v) is 7.79. The van der Waals surface area contributed by atoms with Gasteiger partial charge in [-0.1, -0.05) is 36.4 Å². The van der Waals surface area contributed by atoms with E-state index in [0.29, 0.717) is 13.0 Å². The summed E-state index contributed by atoms with van der Waals surface area (Å²) >= 11 is 0. The molecule has 3 N–H and O–H groups in total. The maximum absolute atomic E-state index is 12.2. The fourth-order valence-electron chi connectivity index (χ4n) is 2.31. The molecular weight excluding hydrogens is 304 g/mol. The van der Waals surface area contributed by atoms with Crippen molar-refractivity contribution in [3.8, 4) is 0 Å². The van der Waals surface area contributed by atoms with Crippen LogP contribution in [0, 0.1) is 0 Å². The normalized spacial score (nSPS) is 11.7. The summed E-state index contributed by atoms with van der Waals surface area (Å²) in [6.07, 6.45) is 2.41. The first kappa shape index (κ1) is 17.6. The lowest BCUT2D eigenvalue weighted by atomic mass is 10.1. The van der Waals surface area contributed by atoms with Crippen molar-refractivity contribution in [2.24, 2.45) is 5.73 Å². The summed E-state index contributed by atoms with van der Waals surface area (Å²) in [7, 11) is 1.73. The average molecular weight is 326 g/mol. The Morgan fingerprint density at radius 1 is 1.17 bits per heavy atom. The lowest BCUT2D eigenvalue weighted by Gasteiger charge is -2.20. The number of pyridine rings is 1. The van der Waals surface area contributed by atoms with Gasteiger partial charge in [0.05, 0.1) is 6.54 Å². The van der Waals surface area contributed by atoms with Crippen molar-refractivity contribution >= 4 is 11.8 Å². The Morgan fingerprint density at radius 3 is 2.50 bits per heavy atom. The largest absolute Gasteiger partial charge is 0.368 e. The molecule has 6 nitrogen and oxygen atoms in total. The summed E-state index contributed by atoms with van der Waals surface area (Å²) in [5, 5.41) is 2.93. The van der Waals surface area contributed by atoms with Gasteiger partial charge in [0.25, 0.3) is 0 Å². The number of primary amides is 1. The van der Waals surface area contributed by atoms with E-state index >= 15 is 0 Å². The zero-order valence-electron chi connectivity index (χ0n) is 13.7. The second kappa shape index (κ2) is 8.79. The minimum atomic E-state index is -0.681. The number of hydrogen-bond donors (Lipinski definition) is 2. The van der Waals surface area contributed by atoms with Crippen molar-refractivity contribution in [3.63, 3.8) is 0 Å². The first-order valence-electron chi connectivity index (χ1n) is 7.79. The zero-order chi connectivity index (χ0) is 17.4. The van der Waals surface area contributed by atoms with Crippen LogP contribution in [-0.2, 0) is 16.0 Å². The number of aromatic nitrogens is 1. The molecule has 0 radical (unpaired) electrons. The van der Waals surface area contributed by atoms with Crippen molar-refractivity contribution < 1.29 is 9.59 Å². The average Bonchev–Trinajstić information content (AvgIpc) is 2.61. The Hall–Kier alpha value is -2.73. The SMILES string of the molecule is CN(CCc1ccccn1)C(=O)CNC(C(N)=O)c1ccccc1. The predicted molar refractivity (Wildman–Crippen MR) is 92.0 cm³/mol. The molecule has 0 spiro atoms. The number of benzene rings is 1. The van der Waals surface area contributed by atoms with Crippen LogP contribution in [-0.4, -0.2) is 41.8 Å². The van der Waals surface area contributed by atoms with Gasteiger partial charge in [0.15, 0.2) is 0 Å². The summed E-state index contributed by atoms with van der Waals surface area (Å²) in [6, 6.07) is 14.1. The van der Waals surface area contributed by atoms with E-state index in [-0.39, 0.29) is 12.5 Å². The highest BCUT2D eigenvalue weighted by Gasteiger charge is 2.19. The maximum Gasteiger partial charge on any atom is 0.239 e. The minimum absolute atomic E-state index is 0.0429. The molecule has 0 saturated carbocycles. The standard InChI is InChI=1S/C18H22N4O2/c1-22(12-10-15-9-5-6-11-20-15)16(23)13-21-17(18(19)24)14-7-3-2-4-8-14/h2-9,11,17,21H,10,12-13H2,1H3,(H2,19,24). The highest BCUT2D eigenvalue weighted by molar-refractivity contribution is 5.83. The molecule has 1 aromatic heterocycles. The lowest BCUT2D eigenvalue weighted by Crippen LogP contribution is -2.41. The smallest absolute Gasteiger partial charge is 0.239 e. The highest BCUT2D eigenvalue weighted by atomic mass is 16.2. The van der Waals surface area contributed by atoms with Gasteiger partial charge in [-0.15, -0.1) is 0 Å². The lowest BCUT2D eigenvalue weighted by molar-refractivity contribution is -0.129. The number of nitrogens with two attached hydrogens (primary N) is 1. The second-order valence-corrected chi connectivity index (χ2v) is 5.51. The Labute approximate surface area is 141 Å². The Morgan fingerprint density at radius 2 is 1.88 bits per heavy atom. The Bertz CT molecular complexity index is 661. The molecule has 6 heteroatoms. The Kier molecular flexibility index (Phi) is 6.45. The fraction of sp³-hybridized carbons (Fsp3) is 0.278. The third kappa shape index (κ3) is 5.17. The number of amides is 2. The number of likely N-dealkylation sites (N-methyl/N-ethyl adjacent to an activating group) is 1. The molecule has 126 valence electrons. The van der Waals surface area contributed by atoms with E-state index in [1.165, 1.54) is 0 Å². The van der Waals surface area contributed by atoms with E-state index in [9.17, 15) is 9.59 Å². The summed E-state index contributed by atoms with van der Waals surface area (Å²) < 4.78 is 0. The van der Waals surface area contributed by atoms with E-state index in [4.69, 9.17) is 5.73 Å². The molecule has 2 amide bonds. The molecule has 1 heterocycles. The van der Waals surface area contributed by atoms with Crippen LogP contribution in [0.15, 0.2) is 54.7 Å². The minimum Gasteiger partial charge on any atom is -0.368 e.